The molecule has 0 bridgehead atoms. The number of nitrogens with one attached hydrogen (secondary N) is 1. The molecule has 0 aromatic heterocycles. The molecule has 0 spiro atoms. The van der Waals surface area contributed by atoms with Crippen molar-refractivity contribution in [2.45, 2.75) is 44.8 Å². The van der Waals surface area contributed by atoms with Crippen LogP contribution in [0, 0.1) is 0 Å². The predicted molar refractivity (Wildman–Crippen MR) is 84.2 cm³/mol. The number of rotatable bonds is 3. The van der Waals surface area contributed by atoms with E-state index in [0.29, 0.717) is 6.04 Å². The molecule has 4 nitrogen and oxygen atoms in total. The van der Waals surface area contributed by atoms with Crippen molar-refractivity contribution in [3.05, 3.63) is 35.9 Å². The minimum atomic E-state index is 0.181. The Labute approximate surface area is 127 Å². The number of benzene rings is 1. The van der Waals surface area contributed by atoms with Crippen molar-refractivity contribution in [1.82, 2.24) is 15.1 Å². The number of carbonyl (C=O) groups is 1. The first-order valence-electron chi connectivity index (χ1n) is 8.03. The average Bonchev–Trinajstić information content (AvgIpc) is 2.87. The zero-order valence-electron chi connectivity index (χ0n) is 13.0. The lowest BCUT2D eigenvalue weighted by Crippen LogP contribution is -2.48. The Bertz CT molecular complexity index is 482. The van der Waals surface area contributed by atoms with Crippen LogP contribution in [0.1, 0.15) is 38.3 Å². The van der Waals surface area contributed by atoms with E-state index < -0.39 is 0 Å². The van der Waals surface area contributed by atoms with Gasteiger partial charge < -0.3 is 15.1 Å². The Morgan fingerprint density at radius 2 is 2.00 bits per heavy atom. The molecule has 2 fully saturated rings. The van der Waals surface area contributed by atoms with Crippen molar-refractivity contribution in [2.75, 3.05) is 19.6 Å². The molecule has 1 aromatic rings. The zero-order chi connectivity index (χ0) is 14.8. The van der Waals surface area contributed by atoms with E-state index in [1.165, 1.54) is 5.56 Å². The quantitative estimate of drug-likeness (QED) is 0.927. The van der Waals surface area contributed by atoms with E-state index in [1.807, 2.05) is 11.0 Å². The zero-order valence-corrected chi connectivity index (χ0v) is 13.0. The van der Waals surface area contributed by atoms with Crippen LogP contribution >= 0.6 is 0 Å². The Morgan fingerprint density at radius 3 is 2.62 bits per heavy atom. The van der Waals surface area contributed by atoms with Gasteiger partial charge in [-0.3, -0.25) is 0 Å². The highest BCUT2D eigenvalue weighted by atomic mass is 16.2. The van der Waals surface area contributed by atoms with Crippen molar-refractivity contribution >= 4 is 6.03 Å². The molecular formula is C17H25N3O. The van der Waals surface area contributed by atoms with Crippen molar-refractivity contribution < 1.29 is 4.79 Å². The van der Waals surface area contributed by atoms with E-state index in [2.05, 4.69) is 48.3 Å². The van der Waals surface area contributed by atoms with Crippen LogP contribution in [0.4, 0.5) is 4.79 Å². The summed E-state index contributed by atoms with van der Waals surface area (Å²) in [5, 5.41) is 3.42. The minimum absolute atomic E-state index is 0.181. The molecule has 21 heavy (non-hydrogen) atoms. The van der Waals surface area contributed by atoms with Gasteiger partial charge in [-0.05, 0) is 38.8 Å². The molecule has 1 N–H and O–H groups in total. The fraction of sp³-hybridized carbons (Fsp3) is 0.588. The minimum Gasteiger partial charge on any atom is -0.318 e. The van der Waals surface area contributed by atoms with Gasteiger partial charge in [-0.2, -0.15) is 0 Å². The topological polar surface area (TPSA) is 35.6 Å². The Morgan fingerprint density at radius 1 is 1.24 bits per heavy atom. The first-order valence-corrected chi connectivity index (χ1v) is 8.03. The largest absolute Gasteiger partial charge is 0.321 e. The van der Waals surface area contributed by atoms with Gasteiger partial charge in [0.05, 0.1) is 6.04 Å². The van der Waals surface area contributed by atoms with Gasteiger partial charge in [0, 0.05) is 25.2 Å². The molecule has 0 radical (unpaired) electrons. The second-order valence-corrected chi connectivity index (χ2v) is 6.36. The molecule has 114 valence electrons. The lowest BCUT2D eigenvalue weighted by molar-refractivity contribution is 0.157. The summed E-state index contributed by atoms with van der Waals surface area (Å²) in [6.45, 7) is 7.04. The molecule has 0 aliphatic carbocycles. The summed E-state index contributed by atoms with van der Waals surface area (Å²) in [5.41, 5.74) is 1.24. The molecule has 3 rings (SSSR count). The number of urea groups is 1. The predicted octanol–water partition coefficient (Wildman–Crippen LogP) is 2.63. The highest BCUT2D eigenvalue weighted by molar-refractivity contribution is 5.78. The molecule has 0 saturated carbocycles. The van der Waals surface area contributed by atoms with Crippen molar-refractivity contribution in [3.8, 4) is 0 Å². The lowest BCUT2D eigenvalue weighted by atomic mass is 10.0. The monoisotopic (exact) mass is 287 g/mol. The molecule has 2 aliphatic rings. The van der Waals surface area contributed by atoms with Gasteiger partial charge >= 0.3 is 6.03 Å². The number of hydrogen-bond donors (Lipinski definition) is 1. The molecular weight excluding hydrogens is 262 g/mol. The van der Waals surface area contributed by atoms with Crippen molar-refractivity contribution in [2.24, 2.45) is 0 Å². The molecule has 2 saturated heterocycles. The van der Waals surface area contributed by atoms with Gasteiger partial charge in [-0.1, -0.05) is 30.3 Å². The molecule has 2 amide bonds. The first-order chi connectivity index (χ1) is 10.2. The number of piperidine rings is 1. The third-order valence-electron chi connectivity index (χ3n) is 4.62. The Kier molecular flexibility index (Phi) is 4.15. The SMILES string of the molecule is CC(C)N1C(=O)N([C@H]2CCCNC2)C[C@@H]1c1ccccc1. The fourth-order valence-electron chi connectivity index (χ4n) is 3.56. The Balaban J connectivity index is 1.84. The lowest BCUT2D eigenvalue weighted by Gasteiger charge is -2.31. The highest BCUT2D eigenvalue weighted by Gasteiger charge is 2.42. The number of hydrogen-bond acceptors (Lipinski definition) is 2. The fourth-order valence-corrected chi connectivity index (χ4v) is 3.56. The van der Waals surface area contributed by atoms with Crippen LogP contribution in [0.5, 0.6) is 0 Å². The summed E-state index contributed by atoms with van der Waals surface area (Å²) >= 11 is 0. The van der Waals surface area contributed by atoms with E-state index in [1.54, 1.807) is 0 Å². The highest BCUT2D eigenvalue weighted by Crippen LogP contribution is 2.33. The van der Waals surface area contributed by atoms with Crippen LogP contribution < -0.4 is 5.32 Å². The van der Waals surface area contributed by atoms with Gasteiger partial charge in [-0.15, -0.1) is 0 Å². The van der Waals surface area contributed by atoms with Gasteiger partial charge in [0.15, 0.2) is 0 Å². The maximum Gasteiger partial charge on any atom is 0.321 e. The summed E-state index contributed by atoms with van der Waals surface area (Å²) in [7, 11) is 0. The summed E-state index contributed by atoms with van der Waals surface area (Å²) in [5.74, 6) is 0. The maximum atomic E-state index is 12.9. The van der Waals surface area contributed by atoms with Gasteiger partial charge in [-0.25, -0.2) is 4.79 Å². The summed E-state index contributed by atoms with van der Waals surface area (Å²) < 4.78 is 0. The van der Waals surface area contributed by atoms with Crippen LogP contribution in [-0.2, 0) is 0 Å². The number of nitrogens with zero attached hydrogens (tertiary/aromatic N) is 2. The molecule has 2 heterocycles. The molecule has 2 aliphatic heterocycles. The second kappa shape index (κ2) is 6.06. The van der Waals surface area contributed by atoms with E-state index in [-0.39, 0.29) is 18.1 Å². The van der Waals surface area contributed by atoms with Gasteiger partial charge in [0.25, 0.3) is 0 Å². The molecule has 4 heteroatoms. The summed E-state index contributed by atoms with van der Waals surface area (Å²) in [6, 6.07) is 11.4. The third-order valence-corrected chi connectivity index (χ3v) is 4.62. The summed E-state index contributed by atoms with van der Waals surface area (Å²) in [4.78, 5) is 17.0. The molecule has 0 unspecified atom stereocenters. The average molecular weight is 287 g/mol. The van der Waals surface area contributed by atoms with Crippen LogP contribution in [0.2, 0.25) is 0 Å². The summed E-state index contributed by atoms with van der Waals surface area (Å²) in [6.07, 6.45) is 2.28. The smallest absolute Gasteiger partial charge is 0.318 e. The normalized spacial score (nSPS) is 26.7. The first kappa shape index (κ1) is 14.4. The number of carbonyl (C=O) groups excluding carboxylic acids is 1. The van der Waals surface area contributed by atoms with E-state index >= 15 is 0 Å². The Hall–Kier alpha value is -1.55. The molecule has 2 atom stereocenters. The van der Waals surface area contributed by atoms with Crippen molar-refractivity contribution in [1.29, 1.82) is 0 Å². The van der Waals surface area contributed by atoms with Crippen LogP contribution in [0.15, 0.2) is 30.3 Å². The maximum absolute atomic E-state index is 12.9. The van der Waals surface area contributed by atoms with Crippen LogP contribution in [-0.4, -0.2) is 47.5 Å². The second-order valence-electron chi connectivity index (χ2n) is 6.36. The van der Waals surface area contributed by atoms with Crippen LogP contribution in [0.3, 0.4) is 0 Å². The van der Waals surface area contributed by atoms with Crippen LogP contribution in [0.25, 0.3) is 0 Å². The van der Waals surface area contributed by atoms with E-state index in [0.717, 1.165) is 32.5 Å². The van der Waals surface area contributed by atoms with E-state index in [9.17, 15) is 4.79 Å². The van der Waals surface area contributed by atoms with Gasteiger partial charge in [0.2, 0.25) is 0 Å². The standard InChI is InChI=1S/C17H25N3O/c1-13(2)20-16(14-7-4-3-5-8-14)12-19(17(20)21)15-9-6-10-18-11-15/h3-5,7-8,13,15-16,18H,6,9-12H2,1-2H3/t15-,16+/m0/s1. The van der Waals surface area contributed by atoms with Gasteiger partial charge in [0.1, 0.15) is 0 Å². The molecule has 1 aromatic carbocycles. The third kappa shape index (κ3) is 2.77. The number of amides is 2. The van der Waals surface area contributed by atoms with E-state index in [4.69, 9.17) is 0 Å². The van der Waals surface area contributed by atoms with Crippen molar-refractivity contribution in [3.63, 3.8) is 0 Å².